The van der Waals surface area contributed by atoms with Gasteiger partial charge in [0, 0.05) is 60.9 Å². The van der Waals surface area contributed by atoms with Crippen LogP contribution in [0, 0.1) is 5.92 Å². The summed E-state index contributed by atoms with van der Waals surface area (Å²) in [6, 6.07) is 6.48. The van der Waals surface area contributed by atoms with E-state index in [4.69, 9.17) is 16.3 Å². The van der Waals surface area contributed by atoms with Crippen molar-refractivity contribution in [2.24, 2.45) is 5.92 Å². The second-order valence-corrected chi connectivity index (χ2v) is 11.3. The number of ether oxygens (including phenoxy) is 1. The van der Waals surface area contributed by atoms with E-state index >= 15 is 0 Å². The van der Waals surface area contributed by atoms with Crippen LogP contribution >= 0.6 is 23.4 Å². The van der Waals surface area contributed by atoms with Crippen LogP contribution in [0.15, 0.2) is 58.4 Å². The van der Waals surface area contributed by atoms with Gasteiger partial charge in [-0.15, -0.1) is 0 Å². The number of halogens is 1. The van der Waals surface area contributed by atoms with Gasteiger partial charge in [-0.3, -0.25) is 14.5 Å². The number of hydrogen-bond acceptors (Lipinski definition) is 5. The Labute approximate surface area is 222 Å². The number of thioether (sulfide) groups is 1. The summed E-state index contributed by atoms with van der Waals surface area (Å²) in [7, 11) is 0. The van der Waals surface area contributed by atoms with Crippen molar-refractivity contribution in [2.75, 3.05) is 45.9 Å². The largest absolute Gasteiger partial charge is 0.379 e. The highest BCUT2D eigenvalue weighted by atomic mass is 35.5. The molecule has 3 fully saturated rings. The first-order valence-electron chi connectivity index (χ1n) is 13.0. The molecule has 4 aliphatic rings. The molecule has 0 radical (unpaired) electrons. The van der Waals surface area contributed by atoms with Gasteiger partial charge in [0.2, 0.25) is 11.8 Å². The monoisotopic (exact) mass is 527 g/mol. The van der Waals surface area contributed by atoms with Crippen LogP contribution in [-0.2, 0) is 14.3 Å². The maximum Gasteiger partial charge on any atom is 0.223 e. The third-order valence-corrected chi connectivity index (χ3v) is 8.81. The van der Waals surface area contributed by atoms with Gasteiger partial charge < -0.3 is 15.0 Å². The minimum absolute atomic E-state index is 0.0147. The summed E-state index contributed by atoms with van der Waals surface area (Å²) in [5, 5.41) is 3.78. The molecule has 2 aliphatic heterocycles. The zero-order chi connectivity index (χ0) is 24.9. The van der Waals surface area contributed by atoms with Gasteiger partial charge in [-0.05, 0) is 55.0 Å². The van der Waals surface area contributed by atoms with E-state index in [0.717, 1.165) is 74.1 Å². The number of morpholine rings is 1. The highest BCUT2D eigenvalue weighted by molar-refractivity contribution is 8.03. The molecule has 2 heterocycles. The topological polar surface area (TPSA) is 61.9 Å². The minimum atomic E-state index is 0.0147. The first-order valence-corrected chi connectivity index (χ1v) is 14.2. The van der Waals surface area contributed by atoms with Crippen LogP contribution in [0.3, 0.4) is 0 Å². The smallest absolute Gasteiger partial charge is 0.223 e. The molecule has 2 saturated heterocycles. The van der Waals surface area contributed by atoms with E-state index in [2.05, 4.69) is 52.7 Å². The first kappa shape index (κ1) is 25.6. The Balaban J connectivity index is 1.12. The number of rotatable bonds is 9. The molecule has 6 nitrogen and oxygen atoms in total. The molecule has 8 heteroatoms. The summed E-state index contributed by atoms with van der Waals surface area (Å²) >= 11 is 8.38. The number of hydrogen-bond donors (Lipinski definition) is 1. The van der Waals surface area contributed by atoms with E-state index in [-0.39, 0.29) is 29.7 Å². The number of allylic oxidation sites excluding steroid dienone is 3. The summed E-state index contributed by atoms with van der Waals surface area (Å²) < 4.78 is 5.50. The molecule has 1 aromatic carbocycles. The fourth-order valence-corrected chi connectivity index (χ4v) is 6.35. The second-order valence-electron chi connectivity index (χ2n) is 9.82. The first-order chi connectivity index (χ1) is 17.6. The number of amides is 2. The van der Waals surface area contributed by atoms with E-state index in [1.54, 1.807) is 11.8 Å². The number of nitrogens with zero attached hydrogens (tertiary/aromatic N) is 2. The molecule has 1 N–H and O–H groups in total. The molecule has 192 valence electrons. The normalized spacial score (nSPS) is 26.1. The average Bonchev–Trinajstić information content (AvgIpc) is 3.64. The summed E-state index contributed by atoms with van der Waals surface area (Å²) in [6.45, 7) is 5.63. The maximum absolute atomic E-state index is 12.6. The lowest BCUT2D eigenvalue weighted by Gasteiger charge is -2.31. The molecule has 0 bridgehead atoms. The Bertz CT molecular complexity index is 1070. The Hall–Kier alpha value is -2.06. The highest BCUT2D eigenvalue weighted by Gasteiger charge is 2.43. The van der Waals surface area contributed by atoms with Crippen molar-refractivity contribution in [3.05, 3.63) is 64.1 Å². The predicted octanol–water partition coefficient (Wildman–Crippen LogP) is 4.38. The van der Waals surface area contributed by atoms with Crippen molar-refractivity contribution in [3.63, 3.8) is 0 Å². The van der Waals surface area contributed by atoms with E-state index < -0.39 is 0 Å². The summed E-state index contributed by atoms with van der Waals surface area (Å²) in [6.07, 6.45) is 14.1. The fourth-order valence-electron chi connectivity index (χ4n) is 5.14. The quantitative estimate of drug-likeness (QED) is 0.483. The van der Waals surface area contributed by atoms with E-state index in [0.29, 0.717) is 13.0 Å². The van der Waals surface area contributed by atoms with Crippen molar-refractivity contribution in [1.29, 1.82) is 0 Å². The van der Waals surface area contributed by atoms with E-state index in [9.17, 15) is 9.59 Å². The van der Waals surface area contributed by atoms with Crippen LogP contribution in [0.1, 0.15) is 37.2 Å². The van der Waals surface area contributed by atoms with Crippen LogP contribution in [0.5, 0.6) is 0 Å². The van der Waals surface area contributed by atoms with Gasteiger partial charge in [0.25, 0.3) is 0 Å². The standard InChI is InChI=1S/C28H34ClN3O3S/c29-25-17-20(23-19-24(23)28(34)30-10-4-12-32-11-3-7-27(32)33)8-9-26(25)36-22-6-2-1-5-21(18-22)31-13-15-35-16-14-31/h1-2,5-6,8-9,17-18,21,23-24H,3-4,7,10-16,19H2,(H,30,34). The van der Waals surface area contributed by atoms with E-state index in [1.165, 1.54) is 4.91 Å². The van der Waals surface area contributed by atoms with Crippen LogP contribution < -0.4 is 5.32 Å². The zero-order valence-electron chi connectivity index (χ0n) is 20.5. The molecule has 2 aliphatic carbocycles. The van der Waals surface area contributed by atoms with Crippen molar-refractivity contribution < 1.29 is 14.3 Å². The third-order valence-electron chi connectivity index (χ3n) is 7.30. The Morgan fingerprint density at radius 1 is 1.19 bits per heavy atom. The molecule has 0 aromatic heterocycles. The van der Waals surface area contributed by atoms with E-state index in [1.807, 2.05) is 11.0 Å². The molecular weight excluding hydrogens is 494 g/mol. The van der Waals surface area contributed by atoms with Gasteiger partial charge in [-0.25, -0.2) is 0 Å². The lowest BCUT2D eigenvalue weighted by atomic mass is 10.1. The molecule has 3 atom stereocenters. The van der Waals surface area contributed by atoms with Crippen molar-refractivity contribution in [3.8, 4) is 0 Å². The number of nitrogens with one attached hydrogen (secondary N) is 1. The molecule has 3 unspecified atom stereocenters. The zero-order valence-corrected chi connectivity index (χ0v) is 22.1. The highest BCUT2D eigenvalue weighted by Crippen LogP contribution is 2.49. The van der Waals surface area contributed by atoms with Gasteiger partial charge in [-0.2, -0.15) is 0 Å². The number of likely N-dealkylation sites (tertiary alicyclic amines) is 1. The van der Waals surface area contributed by atoms with Crippen LogP contribution in [0.4, 0.5) is 0 Å². The molecule has 36 heavy (non-hydrogen) atoms. The Morgan fingerprint density at radius 3 is 2.83 bits per heavy atom. The summed E-state index contributed by atoms with van der Waals surface area (Å²) in [5.74, 6) is 0.592. The summed E-state index contributed by atoms with van der Waals surface area (Å²) in [4.78, 5) is 30.8. The predicted molar refractivity (Wildman–Crippen MR) is 144 cm³/mol. The van der Waals surface area contributed by atoms with Crippen LogP contribution in [0.25, 0.3) is 0 Å². The van der Waals surface area contributed by atoms with Crippen molar-refractivity contribution in [1.82, 2.24) is 15.1 Å². The maximum atomic E-state index is 12.6. The molecule has 0 spiro atoms. The Kier molecular flexibility index (Phi) is 8.52. The third kappa shape index (κ3) is 6.43. The lowest BCUT2D eigenvalue weighted by Crippen LogP contribution is -2.41. The molecule has 1 saturated carbocycles. The number of carbonyl (C=O) groups excluding carboxylic acids is 2. The second kappa shape index (κ2) is 12.0. The number of carbonyl (C=O) groups is 2. The van der Waals surface area contributed by atoms with Crippen LogP contribution in [-0.4, -0.2) is 73.6 Å². The molecule has 1 aromatic rings. The molecule has 2 amide bonds. The molecule has 5 rings (SSSR count). The lowest BCUT2D eigenvalue weighted by molar-refractivity contribution is -0.127. The summed E-state index contributed by atoms with van der Waals surface area (Å²) in [5.41, 5.74) is 1.13. The van der Waals surface area contributed by atoms with Gasteiger partial charge in [0.15, 0.2) is 0 Å². The van der Waals surface area contributed by atoms with Crippen molar-refractivity contribution >= 4 is 35.2 Å². The SMILES string of the molecule is O=C(NCCCN1CCCC1=O)C1CC1c1ccc(SC2=CC(N3CCOCC3)C=CC=C2)c(Cl)c1. The minimum Gasteiger partial charge on any atom is -0.379 e. The van der Waals surface area contributed by atoms with Gasteiger partial charge >= 0.3 is 0 Å². The fraction of sp³-hybridized carbons (Fsp3) is 0.500. The van der Waals surface area contributed by atoms with Gasteiger partial charge in [0.1, 0.15) is 0 Å². The van der Waals surface area contributed by atoms with Crippen LogP contribution in [0.2, 0.25) is 5.02 Å². The Morgan fingerprint density at radius 2 is 2.06 bits per heavy atom. The molecular formula is C28H34ClN3O3S. The van der Waals surface area contributed by atoms with Gasteiger partial charge in [-0.1, -0.05) is 47.7 Å². The number of benzene rings is 1. The van der Waals surface area contributed by atoms with Gasteiger partial charge in [0.05, 0.1) is 18.2 Å². The van der Waals surface area contributed by atoms with Crippen molar-refractivity contribution in [2.45, 2.75) is 42.5 Å². The average molecular weight is 528 g/mol.